The van der Waals surface area contributed by atoms with Crippen LogP contribution in [0.5, 0.6) is 0 Å². The molecule has 2 atom stereocenters. The molecule has 0 aliphatic heterocycles. The standard InChI is InChI=1S/C14H17N7/c1-10(18-11(2)14-15-6-7-16-14)12-4-3-5-13(8-12)21-9-17-19-20-21/h3-11,18H,1-2H3,(H,15,16). The van der Waals surface area contributed by atoms with E-state index in [1.807, 2.05) is 18.3 Å². The van der Waals surface area contributed by atoms with E-state index in [9.17, 15) is 0 Å². The molecule has 2 aromatic heterocycles. The van der Waals surface area contributed by atoms with Crippen LogP contribution in [-0.2, 0) is 0 Å². The molecule has 3 rings (SSSR count). The van der Waals surface area contributed by atoms with E-state index in [1.54, 1.807) is 17.2 Å². The first-order chi connectivity index (χ1) is 10.2. The summed E-state index contributed by atoms with van der Waals surface area (Å²) < 4.78 is 1.65. The van der Waals surface area contributed by atoms with Crippen LogP contribution in [0.3, 0.4) is 0 Å². The minimum Gasteiger partial charge on any atom is -0.347 e. The zero-order valence-corrected chi connectivity index (χ0v) is 11.9. The predicted molar refractivity (Wildman–Crippen MR) is 77.7 cm³/mol. The molecule has 7 nitrogen and oxygen atoms in total. The summed E-state index contributed by atoms with van der Waals surface area (Å²) in [6.45, 7) is 4.21. The number of tetrazole rings is 1. The van der Waals surface area contributed by atoms with Gasteiger partial charge in [0.25, 0.3) is 0 Å². The Morgan fingerprint density at radius 2 is 2.14 bits per heavy atom. The van der Waals surface area contributed by atoms with Crippen molar-refractivity contribution in [2.24, 2.45) is 0 Å². The van der Waals surface area contributed by atoms with Crippen molar-refractivity contribution in [1.29, 1.82) is 0 Å². The van der Waals surface area contributed by atoms with E-state index < -0.39 is 0 Å². The number of hydrogen-bond acceptors (Lipinski definition) is 5. The van der Waals surface area contributed by atoms with Gasteiger partial charge in [0.05, 0.1) is 11.7 Å². The van der Waals surface area contributed by atoms with Gasteiger partial charge in [0.2, 0.25) is 0 Å². The molecule has 108 valence electrons. The first-order valence-electron chi connectivity index (χ1n) is 6.82. The lowest BCUT2D eigenvalue weighted by Gasteiger charge is -2.19. The summed E-state index contributed by atoms with van der Waals surface area (Å²) in [6, 6.07) is 8.46. The fourth-order valence-electron chi connectivity index (χ4n) is 2.28. The van der Waals surface area contributed by atoms with Gasteiger partial charge in [-0.15, -0.1) is 5.10 Å². The molecule has 0 fully saturated rings. The smallest absolute Gasteiger partial charge is 0.143 e. The number of H-pyrrole nitrogens is 1. The summed E-state index contributed by atoms with van der Waals surface area (Å²) >= 11 is 0. The van der Waals surface area contributed by atoms with Gasteiger partial charge >= 0.3 is 0 Å². The highest BCUT2D eigenvalue weighted by Gasteiger charge is 2.13. The molecule has 3 aromatic rings. The van der Waals surface area contributed by atoms with Gasteiger partial charge in [0.1, 0.15) is 12.2 Å². The third kappa shape index (κ3) is 2.97. The number of hydrogen-bond donors (Lipinski definition) is 2. The Hall–Kier alpha value is -2.54. The maximum absolute atomic E-state index is 4.27. The largest absolute Gasteiger partial charge is 0.347 e. The molecule has 0 amide bonds. The molecular formula is C14H17N7. The number of rotatable bonds is 5. The molecule has 21 heavy (non-hydrogen) atoms. The minimum absolute atomic E-state index is 0.145. The van der Waals surface area contributed by atoms with Crippen LogP contribution in [0.1, 0.15) is 37.3 Å². The van der Waals surface area contributed by atoms with E-state index in [-0.39, 0.29) is 12.1 Å². The van der Waals surface area contributed by atoms with Crippen LogP contribution in [0, 0.1) is 0 Å². The molecular weight excluding hydrogens is 266 g/mol. The van der Waals surface area contributed by atoms with Crippen LogP contribution < -0.4 is 5.32 Å². The molecule has 1 aromatic carbocycles. The first-order valence-corrected chi connectivity index (χ1v) is 6.82. The summed E-state index contributed by atoms with van der Waals surface area (Å²) in [4.78, 5) is 7.40. The van der Waals surface area contributed by atoms with E-state index in [0.29, 0.717) is 0 Å². The fourth-order valence-corrected chi connectivity index (χ4v) is 2.28. The molecule has 0 saturated heterocycles. The number of imidazole rings is 1. The molecule has 2 heterocycles. The summed E-state index contributed by atoms with van der Waals surface area (Å²) in [5.41, 5.74) is 2.11. The Bertz CT molecular complexity index is 675. The average Bonchev–Trinajstić information content (AvgIpc) is 3.20. The Morgan fingerprint density at radius 3 is 2.86 bits per heavy atom. The van der Waals surface area contributed by atoms with Crippen LogP contribution in [-0.4, -0.2) is 30.2 Å². The summed E-state index contributed by atoms with van der Waals surface area (Å²) in [5.74, 6) is 0.929. The highest BCUT2D eigenvalue weighted by molar-refractivity contribution is 5.35. The van der Waals surface area contributed by atoms with Crippen molar-refractivity contribution in [1.82, 2.24) is 35.5 Å². The zero-order chi connectivity index (χ0) is 14.7. The van der Waals surface area contributed by atoms with E-state index in [2.05, 4.69) is 56.8 Å². The third-order valence-electron chi connectivity index (χ3n) is 3.41. The van der Waals surface area contributed by atoms with Crippen molar-refractivity contribution in [3.05, 3.63) is 54.4 Å². The predicted octanol–water partition coefficient (Wildman–Crippen LogP) is 1.80. The maximum Gasteiger partial charge on any atom is 0.143 e. The molecule has 0 radical (unpaired) electrons. The lowest BCUT2D eigenvalue weighted by atomic mass is 10.1. The average molecular weight is 283 g/mol. The van der Waals surface area contributed by atoms with Gasteiger partial charge in [-0.05, 0) is 42.0 Å². The van der Waals surface area contributed by atoms with Gasteiger partial charge in [0, 0.05) is 18.4 Å². The number of aromatic amines is 1. The number of aromatic nitrogens is 6. The monoisotopic (exact) mass is 283 g/mol. The topological polar surface area (TPSA) is 84.3 Å². The Kier molecular flexibility index (Phi) is 3.74. The second-order valence-electron chi connectivity index (χ2n) is 4.93. The SMILES string of the molecule is CC(NC(C)c1ncc[nH]1)c1cccc(-n2cnnn2)c1. The fraction of sp³-hybridized carbons (Fsp3) is 0.286. The van der Waals surface area contributed by atoms with Gasteiger partial charge in [-0.25, -0.2) is 9.67 Å². The second-order valence-corrected chi connectivity index (χ2v) is 4.93. The summed E-state index contributed by atoms with van der Waals surface area (Å²) in [7, 11) is 0. The molecule has 7 heteroatoms. The van der Waals surface area contributed by atoms with Crippen molar-refractivity contribution in [2.45, 2.75) is 25.9 Å². The number of nitrogens with zero attached hydrogens (tertiary/aromatic N) is 5. The highest BCUT2D eigenvalue weighted by Crippen LogP contribution is 2.19. The van der Waals surface area contributed by atoms with Crippen molar-refractivity contribution in [3.63, 3.8) is 0 Å². The minimum atomic E-state index is 0.145. The van der Waals surface area contributed by atoms with Crippen LogP contribution >= 0.6 is 0 Å². The molecule has 0 spiro atoms. The van der Waals surface area contributed by atoms with Crippen LogP contribution in [0.15, 0.2) is 43.0 Å². The summed E-state index contributed by atoms with van der Waals surface area (Å²) in [6.07, 6.45) is 5.18. The maximum atomic E-state index is 4.27. The molecule has 0 bridgehead atoms. The molecule has 2 unspecified atom stereocenters. The van der Waals surface area contributed by atoms with E-state index >= 15 is 0 Å². The van der Waals surface area contributed by atoms with Crippen LogP contribution in [0.2, 0.25) is 0 Å². The third-order valence-corrected chi connectivity index (χ3v) is 3.41. The molecule has 0 aliphatic carbocycles. The normalized spacial score (nSPS) is 14.0. The lowest BCUT2D eigenvalue weighted by molar-refractivity contribution is 0.479. The van der Waals surface area contributed by atoms with E-state index in [4.69, 9.17) is 0 Å². The Morgan fingerprint density at radius 1 is 1.24 bits per heavy atom. The van der Waals surface area contributed by atoms with Gasteiger partial charge < -0.3 is 10.3 Å². The quantitative estimate of drug-likeness (QED) is 0.746. The van der Waals surface area contributed by atoms with Crippen molar-refractivity contribution >= 4 is 0 Å². The highest BCUT2D eigenvalue weighted by atomic mass is 15.5. The van der Waals surface area contributed by atoms with Crippen molar-refractivity contribution < 1.29 is 0 Å². The van der Waals surface area contributed by atoms with Crippen molar-refractivity contribution in [2.75, 3.05) is 0 Å². The van der Waals surface area contributed by atoms with Crippen LogP contribution in [0.25, 0.3) is 5.69 Å². The Balaban J connectivity index is 1.76. The zero-order valence-electron chi connectivity index (χ0n) is 11.9. The first kappa shape index (κ1) is 13.4. The Labute approximate surface area is 122 Å². The number of benzene rings is 1. The van der Waals surface area contributed by atoms with E-state index in [0.717, 1.165) is 11.5 Å². The van der Waals surface area contributed by atoms with Gasteiger partial charge in [-0.1, -0.05) is 12.1 Å². The van der Waals surface area contributed by atoms with E-state index in [1.165, 1.54) is 5.56 Å². The second kappa shape index (κ2) is 5.84. The summed E-state index contributed by atoms with van der Waals surface area (Å²) in [5, 5.41) is 14.7. The van der Waals surface area contributed by atoms with Gasteiger partial charge in [-0.2, -0.15) is 0 Å². The van der Waals surface area contributed by atoms with Gasteiger partial charge in [0.15, 0.2) is 0 Å². The number of nitrogens with one attached hydrogen (secondary N) is 2. The lowest BCUT2D eigenvalue weighted by Crippen LogP contribution is -2.23. The molecule has 0 aliphatic rings. The van der Waals surface area contributed by atoms with Gasteiger partial charge in [-0.3, -0.25) is 0 Å². The molecule has 0 saturated carbocycles. The van der Waals surface area contributed by atoms with Crippen molar-refractivity contribution in [3.8, 4) is 5.69 Å². The van der Waals surface area contributed by atoms with Crippen LogP contribution in [0.4, 0.5) is 0 Å². The molecule has 2 N–H and O–H groups in total.